The molecule has 1 fully saturated rings. The summed E-state index contributed by atoms with van der Waals surface area (Å²) in [6.07, 6.45) is 3.28. The van der Waals surface area contributed by atoms with Crippen molar-refractivity contribution in [1.29, 1.82) is 0 Å². The summed E-state index contributed by atoms with van der Waals surface area (Å²) in [4.78, 5) is 11.9. The standard InChI is InChI=1S/C13H20BrN3O/c1-3-8-18-12-9-10(2)15-13(16-12)17-6-4-11(14)5-7-17/h9,11H,3-8H2,1-2H3. The molecule has 0 N–H and O–H groups in total. The fourth-order valence-electron chi connectivity index (χ4n) is 1.99. The number of piperidine rings is 1. The molecule has 1 aliphatic rings. The van der Waals surface area contributed by atoms with Crippen LogP contribution in [0, 0.1) is 6.92 Å². The van der Waals surface area contributed by atoms with Crippen LogP contribution in [-0.4, -0.2) is 34.5 Å². The van der Waals surface area contributed by atoms with Gasteiger partial charge < -0.3 is 9.64 Å². The summed E-state index contributed by atoms with van der Waals surface area (Å²) in [5.74, 6) is 1.50. The minimum atomic E-state index is 0.634. The average Bonchev–Trinajstić information content (AvgIpc) is 2.36. The smallest absolute Gasteiger partial charge is 0.228 e. The molecule has 0 aliphatic carbocycles. The van der Waals surface area contributed by atoms with Crippen molar-refractivity contribution in [3.05, 3.63) is 11.8 Å². The van der Waals surface area contributed by atoms with Crippen LogP contribution in [-0.2, 0) is 0 Å². The summed E-state index contributed by atoms with van der Waals surface area (Å²) in [7, 11) is 0. The zero-order valence-corrected chi connectivity index (χ0v) is 12.6. The van der Waals surface area contributed by atoms with Crippen LogP contribution in [0.5, 0.6) is 5.88 Å². The van der Waals surface area contributed by atoms with Crippen molar-refractivity contribution in [3.8, 4) is 5.88 Å². The molecule has 0 spiro atoms. The molecule has 0 bridgehead atoms. The number of rotatable bonds is 4. The third-order valence-corrected chi connectivity index (χ3v) is 3.90. The number of anilines is 1. The van der Waals surface area contributed by atoms with E-state index in [-0.39, 0.29) is 0 Å². The summed E-state index contributed by atoms with van der Waals surface area (Å²) in [5.41, 5.74) is 0.965. The van der Waals surface area contributed by atoms with Gasteiger partial charge in [0.25, 0.3) is 0 Å². The first kappa shape index (κ1) is 13.6. The van der Waals surface area contributed by atoms with Crippen LogP contribution in [0.1, 0.15) is 31.9 Å². The lowest BCUT2D eigenvalue weighted by Crippen LogP contribution is -2.35. The molecule has 1 saturated heterocycles. The molecule has 0 amide bonds. The van der Waals surface area contributed by atoms with Crippen LogP contribution in [0.4, 0.5) is 5.95 Å². The van der Waals surface area contributed by atoms with E-state index in [0.717, 1.165) is 44.0 Å². The van der Waals surface area contributed by atoms with E-state index in [1.54, 1.807) is 0 Å². The monoisotopic (exact) mass is 313 g/mol. The van der Waals surface area contributed by atoms with Crippen molar-refractivity contribution < 1.29 is 4.74 Å². The van der Waals surface area contributed by atoms with Crippen molar-refractivity contribution in [3.63, 3.8) is 0 Å². The summed E-state index contributed by atoms with van der Waals surface area (Å²) in [6.45, 7) is 6.80. The van der Waals surface area contributed by atoms with Gasteiger partial charge in [0.15, 0.2) is 0 Å². The lowest BCUT2D eigenvalue weighted by molar-refractivity contribution is 0.304. The molecular weight excluding hydrogens is 294 g/mol. The molecule has 100 valence electrons. The minimum Gasteiger partial charge on any atom is -0.478 e. The van der Waals surface area contributed by atoms with Gasteiger partial charge in [-0.15, -0.1) is 0 Å². The molecule has 18 heavy (non-hydrogen) atoms. The van der Waals surface area contributed by atoms with Crippen molar-refractivity contribution >= 4 is 21.9 Å². The highest BCUT2D eigenvalue weighted by Crippen LogP contribution is 2.22. The second-order valence-corrected chi connectivity index (χ2v) is 5.95. The largest absolute Gasteiger partial charge is 0.478 e. The lowest BCUT2D eigenvalue weighted by atomic mass is 10.1. The Kier molecular flexibility index (Phi) is 4.80. The highest BCUT2D eigenvalue weighted by Gasteiger charge is 2.19. The average molecular weight is 314 g/mol. The Morgan fingerprint density at radius 2 is 2.11 bits per heavy atom. The third kappa shape index (κ3) is 3.57. The van der Waals surface area contributed by atoms with Gasteiger partial charge in [-0.2, -0.15) is 4.98 Å². The maximum atomic E-state index is 5.60. The second kappa shape index (κ2) is 6.36. The molecule has 0 saturated carbocycles. The number of ether oxygens (including phenoxy) is 1. The van der Waals surface area contributed by atoms with E-state index in [1.165, 1.54) is 0 Å². The third-order valence-electron chi connectivity index (χ3n) is 2.98. The van der Waals surface area contributed by atoms with Gasteiger partial charge >= 0.3 is 0 Å². The van der Waals surface area contributed by atoms with E-state index in [4.69, 9.17) is 4.74 Å². The summed E-state index contributed by atoms with van der Waals surface area (Å²) >= 11 is 3.66. The Balaban J connectivity index is 2.09. The van der Waals surface area contributed by atoms with E-state index in [2.05, 4.69) is 37.7 Å². The fraction of sp³-hybridized carbons (Fsp3) is 0.692. The molecule has 2 rings (SSSR count). The maximum Gasteiger partial charge on any atom is 0.228 e. The number of nitrogens with zero attached hydrogens (tertiary/aromatic N) is 3. The molecule has 4 nitrogen and oxygen atoms in total. The highest BCUT2D eigenvalue weighted by molar-refractivity contribution is 9.09. The number of halogens is 1. The molecule has 1 aromatic rings. The minimum absolute atomic E-state index is 0.634. The Morgan fingerprint density at radius 3 is 2.78 bits per heavy atom. The van der Waals surface area contributed by atoms with Gasteiger partial charge in [-0.05, 0) is 26.2 Å². The predicted molar refractivity (Wildman–Crippen MR) is 76.7 cm³/mol. The van der Waals surface area contributed by atoms with E-state index in [1.807, 2.05) is 13.0 Å². The van der Waals surface area contributed by atoms with Gasteiger partial charge in [0.2, 0.25) is 11.8 Å². The SMILES string of the molecule is CCCOc1cc(C)nc(N2CCC(Br)CC2)n1. The van der Waals surface area contributed by atoms with E-state index < -0.39 is 0 Å². The van der Waals surface area contributed by atoms with Crippen molar-refractivity contribution in [2.45, 2.75) is 37.9 Å². The first-order chi connectivity index (χ1) is 8.69. The first-order valence-electron chi connectivity index (χ1n) is 6.56. The van der Waals surface area contributed by atoms with Gasteiger partial charge in [-0.3, -0.25) is 0 Å². The van der Waals surface area contributed by atoms with Crippen LogP contribution >= 0.6 is 15.9 Å². The molecule has 0 atom stereocenters. The molecular formula is C13H20BrN3O. The molecule has 0 aromatic carbocycles. The normalized spacial score (nSPS) is 16.9. The second-order valence-electron chi connectivity index (χ2n) is 4.66. The predicted octanol–water partition coefficient (Wildman–Crippen LogP) is 2.94. The van der Waals surface area contributed by atoms with Gasteiger partial charge in [0.1, 0.15) is 0 Å². The zero-order valence-electron chi connectivity index (χ0n) is 11.0. The van der Waals surface area contributed by atoms with Gasteiger partial charge in [-0.25, -0.2) is 4.98 Å². The Morgan fingerprint density at radius 1 is 1.39 bits per heavy atom. The van der Waals surface area contributed by atoms with Crippen molar-refractivity contribution in [2.24, 2.45) is 0 Å². The van der Waals surface area contributed by atoms with Gasteiger partial charge in [-0.1, -0.05) is 22.9 Å². The molecule has 1 aromatic heterocycles. The van der Waals surface area contributed by atoms with E-state index in [9.17, 15) is 0 Å². The molecule has 0 radical (unpaired) electrons. The lowest BCUT2D eigenvalue weighted by Gasteiger charge is -2.29. The molecule has 1 aliphatic heterocycles. The topological polar surface area (TPSA) is 38.2 Å². The quantitative estimate of drug-likeness (QED) is 0.801. The Hall–Kier alpha value is -0.840. The first-order valence-corrected chi connectivity index (χ1v) is 7.48. The van der Waals surface area contributed by atoms with Crippen LogP contribution < -0.4 is 9.64 Å². The number of aryl methyl sites for hydroxylation is 1. The van der Waals surface area contributed by atoms with Gasteiger partial charge in [0.05, 0.1) is 6.61 Å². The number of hydrogen-bond acceptors (Lipinski definition) is 4. The number of aromatic nitrogens is 2. The summed E-state index contributed by atoms with van der Waals surface area (Å²) in [6, 6.07) is 1.90. The summed E-state index contributed by atoms with van der Waals surface area (Å²) in [5, 5.41) is 0. The molecule has 0 unspecified atom stereocenters. The Labute approximate surface area is 117 Å². The fourth-order valence-corrected chi connectivity index (χ4v) is 2.40. The Bertz CT molecular complexity index is 392. The van der Waals surface area contributed by atoms with Crippen molar-refractivity contribution in [1.82, 2.24) is 9.97 Å². The molecule has 2 heterocycles. The van der Waals surface area contributed by atoms with Gasteiger partial charge in [0, 0.05) is 29.7 Å². The van der Waals surface area contributed by atoms with Crippen LogP contribution in [0.2, 0.25) is 0 Å². The van der Waals surface area contributed by atoms with Crippen LogP contribution in [0.15, 0.2) is 6.07 Å². The molecule has 5 heteroatoms. The van der Waals surface area contributed by atoms with Crippen molar-refractivity contribution in [2.75, 3.05) is 24.6 Å². The summed E-state index contributed by atoms with van der Waals surface area (Å²) < 4.78 is 5.60. The number of alkyl halides is 1. The maximum absolute atomic E-state index is 5.60. The zero-order chi connectivity index (χ0) is 13.0. The van der Waals surface area contributed by atoms with Crippen LogP contribution in [0.25, 0.3) is 0 Å². The van der Waals surface area contributed by atoms with E-state index in [0.29, 0.717) is 17.3 Å². The van der Waals surface area contributed by atoms with E-state index >= 15 is 0 Å². The highest BCUT2D eigenvalue weighted by atomic mass is 79.9. The van der Waals surface area contributed by atoms with Crippen LogP contribution in [0.3, 0.4) is 0 Å². The number of hydrogen-bond donors (Lipinski definition) is 0.